The summed E-state index contributed by atoms with van der Waals surface area (Å²) in [5.41, 5.74) is 0.187. The first-order chi connectivity index (χ1) is 6.27. The van der Waals surface area contributed by atoms with E-state index in [1.165, 1.54) is 20.0 Å². The van der Waals surface area contributed by atoms with E-state index >= 15 is 0 Å². The third-order valence-corrected chi connectivity index (χ3v) is 3.22. The van der Waals surface area contributed by atoms with Gasteiger partial charge in [0.15, 0.2) is 0 Å². The van der Waals surface area contributed by atoms with Gasteiger partial charge < -0.3 is 4.74 Å². The van der Waals surface area contributed by atoms with Crippen molar-refractivity contribution in [3.63, 3.8) is 0 Å². The van der Waals surface area contributed by atoms with Gasteiger partial charge in [0.25, 0.3) is 0 Å². The quantitative estimate of drug-likeness (QED) is 0.652. The number of carbonyl (C=O) groups excluding carboxylic acids is 1. The minimum absolute atomic E-state index is 0.0813. The predicted molar refractivity (Wildman–Crippen MR) is 56.9 cm³/mol. The van der Waals surface area contributed by atoms with E-state index in [0.717, 1.165) is 6.42 Å². The zero-order valence-corrected chi connectivity index (χ0v) is 10.0. The number of carbonyl (C=O) groups is 1. The maximum Gasteiger partial charge on any atom is 0.311 e. The van der Waals surface area contributed by atoms with Crippen molar-refractivity contribution in [2.45, 2.75) is 47.0 Å². The number of hydrogen-bond acceptors (Lipinski definition) is 2. The van der Waals surface area contributed by atoms with Crippen molar-refractivity contribution in [2.24, 2.45) is 16.7 Å². The van der Waals surface area contributed by atoms with E-state index < -0.39 is 0 Å². The van der Waals surface area contributed by atoms with Gasteiger partial charge in [-0.15, -0.1) is 0 Å². The summed E-state index contributed by atoms with van der Waals surface area (Å²) < 4.78 is 4.80. The van der Waals surface area contributed by atoms with Crippen LogP contribution < -0.4 is 0 Å². The smallest absolute Gasteiger partial charge is 0.311 e. The molecule has 0 saturated heterocycles. The summed E-state index contributed by atoms with van der Waals surface area (Å²) in [4.78, 5) is 11.4. The molecule has 0 radical (unpaired) electrons. The lowest BCUT2D eigenvalue weighted by Crippen LogP contribution is -2.37. The van der Waals surface area contributed by atoms with E-state index in [9.17, 15) is 4.79 Å². The van der Waals surface area contributed by atoms with Gasteiger partial charge in [0.05, 0.1) is 12.5 Å². The van der Waals surface area contributed by atoms with Gasteiger partial charge in [-0.2, -0.15) is 0 Å². The van der Waals surface area contributed by atoms with Gasteiger partial charge in [-0.25, -0.2) is 0 Å². The van der Waals surface area contributed by atoms with Crippen molar-refractivity contribution in [1.29, 1.82) is 0 Å². The molecule has 1 aliphatic rings. The summed E-state index contributed by atoms with van der Waals surface area (Å²) in [6.45, 7) is 8.53. The second kappa shape index (κ2) is 3.56. The Balaban J connectivity index is 2.42. The van der Waals surface area contributed by atoms with Gasteiger partial charge in [-0.05, 0) is 44.4 Å². The van der Waals surface area contributed by atoms with Gasteiger partial charge in [0.1, 0.15) is 0 Å². The highest BCUT2D eigenvalue weighted by molar-refractivity contribution is 5.75. The topological polar surface area (TPSA) is 26.3 Å². The maximum atomic E-state index is 11.4. The number of ether oxygens (including phenoxy) is 1. The third-order valence-electron chi connectivity index (χ3n) is 3.22. The van der Waals surface area contributed by atoms with Crippen LogP contribution >= 0.6 is 0 Å². The molecule has 0 spiro atoms. The Morgan fingerprint density at radius 3 is 2.29 bits per heavy atom. The Labute approximate surface area is 87.0 Å². The Morgan fingerprint density at radius 2 is 1.93 bits per heavy atom. The molecule has 14 heavy (non-hydrogen) atoms. The number of esters is 1. The Morgan fingerprint density at radius 1 is 1.43 bits per heavy atom. The summed E-state index contributed by atoms with van der Waals surface area (Å²) in [6.07, 6.45) is 3.45. The van der Waals surface area contributed by atoms with Crippen molar-refractivity contribution in [3.8, 4) is 0 Å². The first-order valence-electron chi connectivity index (χ1n) is 5.35. The molecule has 0 atom stereocenters. The molecule has 82 valence electrons. The van der Waals surface area contributed by atoms with Crippen molar-refractivity contribution in [1.82, 2.24) is 0 Å². The third kappa shape index (κ3) is 2.49. The molecule has 0 amide bonds. The molecule has 0 heterocycles. The molecule has 0 bridgehead atoms. The molecule has 0 aliphatic heterocycles. The van der Waals surface area contributed by atoms with E-state index in [4.69, 9.17) is 4.74 Å². The van der Waals surface area contributed by atoms with E-state index in [-0.39, 0.29) is 11.4 Å². The summed E-state index contributed by atoms with van der Waals surface area (Å²) >= 11 is 0. The number of rotatable bonds is 3. The lowest BCUT2D eigenvalue weighted by atomic mass is 9.60. The van der Waals surface area contributed by atoms with Crippen LogP contribution in [0.4, 0.5) is 0 Å². The largest absolute Gasteiger partial charge is 0.469 e. The molecule has 1 aliphatic carbocycles. The zero-order chi connectivity index (χ0) is 11.0. The average Bonchev–Trinajstić information content (AvgIpc) is 1.98. The second-order valence-corrected chi connectivity index (χ2v) is 6.02. The van der Waals surface area contributed by atoms with Gasteiger partial charge in [0, 0.05) is 0 Å². The fourth-order valence-electron chi connectivity index (χ4n) is 2.73. The van der Waals surface area contributed by atoms with Crippen molar-refractivity contribution in [3.05, 3.63) is 0 Å². The minimum atomic E-state index is -0.310. The normalized spacial score (nSPS) is 21.5. The summed E-state index contributed by atoms with van der Waals surface area (Å²) in [6, 6.07) is 0. The zero-order valence-electron chi connectivity index (χ0n) is 10.0. The van der Waals surface area contributed by atoms with E-state index in [1.807, 2.05) is 13.8 Å². The highest BCUT2D eigenvalue weighted by Crippen LogP contribution is 2.49. The van der Waals surface area contributed by atoms with Crippen molar-refractivity contribution in [2.75, 3.05) is 7.11 Å². The molecule has 1 rings (SSSR count). The summed E-state index contributed by atoms with van der Waals surface area (Å²) in [7, 11) is 1.47. The van der Waals surface area contributed by atoms with Crippen LogP contribution in [0.25, 0.3) is 0 Å². The lowest BCUT2D eigenvalue weighted by Gasteiger charge is -2.45. The lowest BCUT2D eigenvalue weighted by molar-refractivity contribution is -0.152. The Hall–Kier alpha value is -0.530. The molecular weight excluding hydrogens is 176 g/mol. The van der Waals surface area contributed by atoms with E-state index in [2.05, 4.69) is 13.8 Å². The van der Waals surface area contributed by atoms with Crippen molar-refractivity contribution >= 4 is 5.97 Å². The SMILES string of the molecule is COC(=O)C(C)(C)CC1CC(C)(C)C1. The van der Waals surface area contributed by atoms with Gasteiger partial charge >= 0.3 is 5.97 Å². The van der Waals surface area contributed by atoms with Crippen LogP contribution in [0, 0.1) is 16.7 Å². The number of methoxy groups -OCH3 is 1. The van der Waals surface area contributed by atoms with Crippen LogP contribution in [0.5, 0.6) is 0 Å². The van der Waals surface area contributed by atoms with Crippen LogP contribution in [0.1, 0.15) is 47.0 Å². The highest BCUT2D eigenvalue weighted by atomic mass is 16.5. The number of hydrogen-bond donors (Lipinski definition) is 0. The molecule has 0 N–H and O–H groups in total. The van der Waals surface area contributed by atoms with Crippen LogP contribution in [-0.4, -0.2) is 13.1 Å². The monoisotopic (exact) mass is 198 g/mol. The van der Waals surface area contributed by atoms with Crippen LogP contribution in [0.3, 0.4) is 0 Å². The van der Waals surface area contributed by atoms with E-state index in [0.29, 0.717) is 11.3 Å². The predicted octanol–water partition coefficient (Wildman–Crippen LogP) is 3.01. The molecule has 0 aromatic rings. The van der Waals surface area contributed by atoms with Gasteiger partial charge in [-0.1, -0.05) is 13.8 Å². The Bertz CT molecular complexity index is 220. The summed E-state index contributed by atoms with van der Waals surface area (Å²) in [5.74, 6) is 0.626. The highest BCUT2D eigenvalue weighted by Gasteiger charge is 2.41. The molecule has 1 saturated carbocycles. The fourth-order valence-corrected chi connectivity index (χ4v) is 2.73. The van der Waals surface area contributed by atoms with Crippen LogP contribution in [0.2, 0.25) is 0 Å². The van der Waals surface area contributed by atoms with E-state index in [1.54, 1.807) is 0 Å². The van der Waals surface area contributed by atoms with Crippen molar-refractivity contribution < 1.29 is 9.53 Å². The van der Waals surface area contributed by atoms with Gasteiger partial charge in [-0.3, -0.25) is 4.79 Å². The van der Waals surface area contributed by atoms with Crippen LogP contribution in [-0.2, 0) is 9.53 Å². The fraction of sp³-hybridized carbons (Fsp3) is 0.917. The molecule has 0 aromatic carbocycles. The van der Waals surface area contributed by atoms with Gasteiger partial charge in [0.2, 0.25) is 0 Å². The summed E-state index contributed by atoms with van der Waals surface area (Å²) in [5, 5.41) is 0. The second-order valence-electron chi connectivity index (χ2n) is 6.02. The molecule has 1 fully saturated rings. The standard InChI is InChI=1S/C12H22O2/c1-11(2)6-9(7-11)8-12(3,4)10(13)14-5/h9H,6-8H2,1-5H3. The molecule has 2 heteroatoms. The molecule has 0 aromatic heterocycles. The average molecular weight is 198 g/mol. The Kier molecular flexibility index (Phi) is 2.93. The molecule has 2 nitrogen and oxygen atoms in total. The minimum Gasteiger partial charge on any atom is -0.469 e. The molecular formula is C12H22O2. The first-order valence-corrected chi connectivity index (χ1v) is 5.35. The molecule has 0 unspecified atom stereocenters. The first kappa shape index (κ1) is 11.5. The maximum absolute atomic E-state index is 11.4. The van der Waals surface area contributed by atoms with Crippen LogP contribution in [0.15, 0.2) is 0 Å².